The van der Waals surface area contributed by atoms with Crippen molar-refractivity contribution in [2.75, 3.05) is 20.2 Å². The molecule has 2 heterocycles. The molecule has 4 rings (SSSR count). The van der Waals surface area contributed by atoms with E-state index in [9.17, 15) is 0 Å². The summed E-state index contributed by atoms with van der Waals surface area (Å²) in [6.07, 6.45) is 1.11. The van der Waals surface area contributed by atoms with E-state index in [-0.39, 0.29) is 0 Å². The van der Waals surface area contributed by atoms with Gasteiger partial charge in [-0.05, 0) is 43.7 Å². The molecular weight excluding hydrogens is 326 g/mol. The van der Waals surface area contributed by atoms with Crippen molar-refractivity contribution in [2.45, 2.75) is 25.8 Å². The van der Waals surface area contributed by atoms with Gasteiger partial charge in [-0.1, -0.05) is 35.9 Å². The summed E-state index contributed by atoms with van der Waals surface area (Å²) in [5.41, 5.74) is 3.43. The van der Waals surface area contributed by atoms with Crippen LogP contribution in [0.25, 0.3) is 11.5 Å². The third-order valence-electron chi connectivity index (χ3n) is 4.94. The normalized spacial score (nSPS) is 17.5. The molecule has 26 heavy (non-hydrogen) atoms. The van der Waals surface area contributed by atoms with Crippen LogP contribution in [0.2, 0.25) is 0 Å². The summed E-state index contributed by atoms with van der Waals surface area (Å²) in [4.78, 5) is 2.37. The summed E-state index contributed by atoms with van der Waals surface area (Å²) in [5.74, 6) is 2.70. The van der Waals surface area contributed by atoms with Gasteiger partial charge >= 0.3 is 0 Å². The Bertz CT molecular complexity index is 890. The number of aryl methyl sites for hydroxylation is 1. The lowest BCUT2D eigenvalue weighted by Gasteiger charge is -2.16. The Kier molecular flexibility index (Phi) is 4.71. The first-order valence-electron chi connectivity index (χ1n) is 8.97. The van der Waals surface area contributed by atoms with Crippen molar-refractivity contribution in [2.24, 2.45) is 0 Å². The molecule has 0 radical (unpaired) electrons. The number of ether oxygens (including phenoxy) is 1. The van der Waals surface area contributed by atoms with Gasteiger partial charge in [0, 0.05) is 18.0 Å². The van der Waals surface area contributed by atoms with Crippen LogP contribution in [-0.2, 0) is 6.54 Å². The first-order valence-corrected chi connectivity index (χ1v) is 8.97. The number of hydrogen-bond donors (Lipinski definition) is 0. The number of hydrogen-bond acceptors (Lipinski definition) is 5. The van der Waals surface area contributed by atoms with Crippen LogP contribution in [-0.4, -0.2) is 35.3 Å². The molecule has 0 amide bonds. The summed E-state index contributed by atoms with van der Waals surface area (Å²) in [6, 6.07) is 16.4. The highest BCUT2D eigenvalue weighted by molar-refractivity contribution is 5.53. The van der Waals surface area contributed by atoms with Crippen LogP contribution >= 0.6 is 0 Å². The van der Waals surface area contributed by atoms with Gasteiger partial charge in [0.25, 0.3) is 0 Å². The minimum absolute atomic E-state index is 0.477. The molecule has 1 fully saturated rings. The average molecular weight is 349 g/mol. The fraction of sp³-hybridized carbons (Fsp3) is 0.333. The van der Waals surface area contributed by atoms with E-state index in [2.05, 4.69) is 46.3 Å². The number of benzene rings is 2. The van der Waals surface area contributed by atoms with Gasteiger partial charge in [-0.2, -0.15) is 0 Å². The molecule has 0 aliphatic carbocycles. The quantitative estimate of drug-likeness (QED) is 0.696. The van der Waals surface area contributed by atoms with Crippen molar-refractivity contribution < 1.29 is 9.15 Å². The monoisotopic (exact) mass is 349 g/mol. The van der Waals surface area contributed by atoms with Crippen LogP contribution in [0, 0.1) is 6.92 Å². The van der Waals surface area contributed by atoms with Crippen molar-refractivity contribution in [1.29, 1.82) is 0 Å². The highest BCUT2D eigenvalue weighted by atomic mass is 16.5. The third kappa shape index (κ3) is 3.48. The topological polar surface area (TPSA) is 51.4 Å². The van der Waals surface area contributed by atoms with Crippen LogP contribution < -0.4 is 4.74 Å². The molecule has 0 bridgehead atoms. The third-order valence-corrected chi connectivity index (χ3v) is 4.94. The Balaban J connectivity index is 1.43. The lowest BCUT2D eigenvalue weighted by atomic mass is 9.97. The molecule has 1 aromatic heterocycles. The average Bonchev–Trinajstić information content (AvgIpc) is 3.32. The lowest BCUT2D eigenvalue weighted by Crippen LogP contribution is -2.20. The molecule has 1 aliphatic heterocycles. The molecule has 1 saturated heterocycles. The molecule has 2 aromatic carbocycles. The Labute approximate surface area is 153 Å². The van der Waals surface area contributed by atoms with Gasteiger partial charge in [-0.25, -0.2) is 0 Å². The van der Waals surface area contributed by atoms with E-state index in [0.717, 1.165) is 30.8 Å². The molecule has 5 heteroatoms. The van der Waals surface area contributed by atoms with Crippen molar-refractivity contribution >= 4 is 0 Å². The van der Waals surface area contributed by atoms with Gasteiger partial charge in [0.1, 0.15) is 5.75 Å². The van der Waals surface area contributed by atoms with Crippen molar-refractivity contribution in [3.05, 3.63) is 65.5 Å². The Hall–Kier alpha value is -2.66. The standard InChI is InChI=1S/C21H23N3O2/c1-15-6-5-7-16(12-15)21-23-22-20(26-21)14-24-11-10-17(13-24)18-8-3-4-9-19(18)25-2/h3-9,12,17H,10-11,13-14H2,1-2H3. The second-order valence-electron chi connectivity index (χ2n) is 6.83. The van der Waals surface area contributed by atoms with E-state index in [1.807, 2.05) is 24.3 Å². The molecule has 0 N–H and O–H groups in total. The van der Waals surface area contributed by atoms with Crippen molar-refractivity contribution in [3.8, 4) is 17.2 Å². The van der Waals surface area contributed by atoms with E-state index < -0.39 is 0 Å². The van der Waals surface area contributed by atoms with Crippen LogP contribution in [0.1, 0.15) is 29.4 Å². The lowest BCUT2D eigenvalue weighted by molar-refractivity contribution is 0.288. The first kappa shape index (κ1) is 16.8. The smallest absolute Gasteiger partial charge is 0.247 e. The molecule has 0 spiro atoms. The number of aromatic nitrogens is 2. The minimum atomic E-state index is 0.477. The number of nitrogens with zero attached hydrogens (tertiary/aromatic N) is 3. The number of rotatable bonds is 5. The number of para-hydroxylation sites is 1. The van der Waals surface area contributed by atoms with Gasteiger partial charge in [0.15, 0.2) is 0 Å². The molecule has 1 atom stereocenters. The van der Waals surface area contributed by atoms with Gasteiger partial charge in [0.2, 0.25) is 11.8 Å². The Morgan fingerprint density at radius 1 is 1.15 bits per heavy atom. The highest BCUT2D eigenvalue weighted by Gasteiger charge is 2.27. The Morgan fingerprint density at radius 3 is 2.88 bits per heavy atom. The van der Waals surface area contributed by atoms with Crippen LogP contribution in [0.5, 0.6) is 5.75 Å². The fourth-order valence-corrected chi connectivity index (χ4v) is 3.64. The largest absolute Gasteiger partial charge is 0.496 e. The molecule has 0 saturated carbocycles. The molecule has 3 aromatic rings. The van der Waals surface area contributed by atoms with Gasteiger partial charge in [-0.3, -0.25) is 4.90 Å². The van der Waals surface area contributed by atoms with E-state index in [4.69, 9.17) is 9.15 Å². The predicted octanol–water partition coefficient (Wildman–Crippen LogP) is 4.04. The van der Waals surface area contributed by atoms with Crippen molar-refractivity contribution in [3.63, 3.8) is 0 Å². The van der Waals surface area contributed by atoms with E-state index >= 15 is 0 Å². The fourth-order valence-electron chi connectivity index (χ4n) is 3.64. The zero-order valence-electron chi connectivity index (χ0n) is 15.2. The van der Waals surface area contributed by atoms with E-state index in [1.54, 1.807) is 7.11 Å². The minimum Gasteiger partial charge on any atom is -0.496 e. The molecule has 1 aliphatic rings. The second-order valence-corrected chi connectivity index (χ2v) is 6.83. The maximum atomic E-state index is 5.88. The zero-order chi connectivity index (χ0) is 17.9. The molecule has 5 nitrogen and oxygen atoms in total. The maximum absolute atomic E-state index is 5.88. The number of methoxy groups -OCH3 is 1. The van der Waals surface area contributed by atoms with Crippen molar-refractivity contribution in [1.82, 2.24) is 15.1 Å². The van der Waals surface area contributed by atoms with Gasteiger partial charge < -0.3 is 9.15 Å². The summed E-state index contributed by atoms with van der Waals surface area (Å²) >= 11 is 0. The summed E-state index contributed by atoms with van der Waals surface area (Å²) < 4.78 is 11.4. The summed E-state index contributed by atoms with van der Waals surface area (Å²) in [6.45, 7) is 4.74. The zero-order valence-corrected chi connectivity index (χ0v) is 15.2. The highest BCUT2D eigenvalue weighted by Crippen LogP contribution is 2.33. The van der Waals surface area contributed by atoms with Gasteiger partial charge in [0.05, 0.1) is 13.7 Å². The molecule has 134 valence electrons. The van der Waals surface area contributed by atoms with E-state index in [1.165, 1.54) is 11.1 Å². The van der Waals surface area contributed by atoms with Gasteiger partial charge in [-0.15, -0.1) is 10.2 Å². The van der Waals surface area contributed by atoms with E-state index in [0.29, 0.717) is 24.2 Å². The van der Waals surface area contributed by atoms with Crippen LogP contribution in [0.15, 0.2) is 52.9 Å². The second kappa shape index (κ2) is 7.30. The van der Waals surface area contributed by atoms with Crippen LogP contribution in [0.3, 0.4) is 0 Å². The van der Waals surface area contributed by atoms with Crippen LogP contribution in [0.4, 0.5) is 0 Å². The predicted molar refractivity (Wildman–Crippen MR) is 100 cm³/mol. The number of likely N-dealkylation sites (tertiary alicyclic amines) is 1. The summed E-state index contributed by atoms with van der Waals surface area (Å²) in [5, 5.41) is 8.45. The molecular formula is C21H23N3O2. The Morgan fingerprint density at radius 2 is 2.04 bits per heavy atom. The maximum Gasteiger partial charge on any atom is 0.247 e. The summed E-state index contributed by atoms with van der Waals surface area (Å²) in [7, 11) is 1.73. The first-order chi connectivity index (χ1) is 12.7. The molecule has 1 unspecified atom stereocenters. The SMILES string of the molecule is COc1ccccc1C1CCN(Cc2nnc(-c3cccc(C)c3)o2)C1.